The van der Waals surface area contributed by atoms with Crippen LogP contribution in [0.25, 0.3) is 0 Å². The number of piperazine rings is 1. The van der Waals surface area contributed by atoms with Crippen molar-refractivity contribution in [2.24, 2.45) is 0 Å². The molecular weight excluding hydrogens is 318 g/mol. The molecule has 2 N–H and O–H groups in total. The highest BCUT2D eigenvalue weighted by molar-refractivity contribution is 6.30. The Morgan fingerprint density at radius 3 is 2.26 bits per heavy atom. The Labute approximate surface area is 138 Å². The first-order chi connectivity index (χ1) is 11.1. The Morgan fingerprint density at radius 2 is 1.70 bits per heavy atom. The van der Waals surface area contributed by atoms with Crippen LogP contribution in [0.1, 0.15) is 20.8 Å². The summed E-state index contributed by atoms with van der Waals surface area (Å²) in [6.45, 7) is 1.76. The summed E-state index contributed by atoms with van der Waals surface area (Å²) in [4.78, 5) is 30.9. The van der Waals surface area contributed by atoms with Crippen molar-refractivity contribution in [3.05, 3.63) is 52.8 Å². The van der Waals surface area contributed by atoms with Crippen LogP contribution in [0.2, 0.25) is 5.02 Å². The molecular formula is C16H16ClN3O3. The van der Waals surface area contributed by atoms with Crippen molar-refractivity contribution in [2.45, 2.75) is 0 Å². The Morgan fingerprint density at radius 1 is 1.04 bits per heavy atom. The SMILES string of the molecule is O=C(c1ccc[nH]1)N1CCN(C(=O)c2ccc(Cl)cc2O)CC1. The fraction of sp³-hybridized carbons (Fsp3) is 0.250. The number of amides is 2. The van der Waals surface area contributed by atoms with Gasteiger partial charge in [-0.15, -0.1) is 0 Å². The molecule has 1 aromatic heterocycles. The second-order valence-electron chi connectivity index (χ2n) is 5.33. The van der Waals surface area contributed by atoms with Gasteiger partial charge < -0.3 is 19.9 Å². The van der Waals surface area contributed by atoms with E-state index in [2.05, 4.69) is 4.98 Å². The van der Waals surface area contributed by atoms with Gasteiger partial charge in [0.1, 0.15) is 11.4 Å². The quantitative estimate of drug-likeness (QED) is 0.882. The standard InChI is InChI=1S/C16H16ClN3O3/c17-11-3-4-12(14(21)10-11)15(22)19-6-8-20(9-7-19)16(23)13-2-1-5-18-13/h1-5,10,18,21H,6-9H2. The average molecular weight is 334 g/mol. The van der Waals surface area contributed by atoms with E-state index in [0.717, 1.165) is 0 Å². The number of carbonyl (C=O) groups excluding carboxylic acids is 2. The van der Waals surface area contributed by atoms with Crippen molar-refractivity contribution in [3.63, 3.8) is 0 Å². The molecule has 0 aliphatic carbocycles. The lowest BCUT2D eigenvalue weighted by Gasteiger charge is -2.34. The maximum absolute atomic E-state index is 12.5. The highest BCUT2D eigenvalue weighted by Crippen LogP contribution is 2.23. The molecule has 2 heterocycles. The first-order valence-corrected chi connectivity index (χ1v) is 7.64. The number of H-pyrrole nitrogens is 1. The molecule has 120 valence electrons. The van der Waals surface area contributed by atoms with Gasteiger partial charge in [-0.25, -0.2) is 0 Å². The number of phenols is 1. The van der Waals surface area contributed by atoms with Crippen molar-refractivity contribution in [2.75, 3.05) is 26.2 Å². The van der Waals surface area contributed by atoms with Gasteiger partial charge in [0.25, 0.3) is 11.8 Å². The Kier molecular flexibility index (Phi) is 4.25. The highest BCUT2D eigenvalue weighted by Gasteiger charge is 2.26. The Balaban J connectivity index is 1.64. The number of carbonyl (C=O) groups is 2. The van der Waals surface area contributed by atoms with Crippen molar-refractivity contribution in [3.8, 4) is 5.75 Å². The first-order valence-electron chi connectivity index (χ1n) is 7.27. The number of nitrogens with zero attached hydrogens (tertiary/aromatic N) is 2. The molecule has 1 aromatic carbocycles. The number of benzene rings is 1. The lowest BCUT2D eigenvalue weighted by molar-refractivity contribution is 0.0531. The average Bonchev–Trinajstić information content (AvgIpc) is 3.08. The summed E-state index contributed by atoms with van der Waals surface area (Å²) in [5.74, 6) is -0.463. The monoisotopic (exact) mass is 333 g/mol. The lowest BCUT2D eigenvalue weighted by atomic mass is 10.1. The van der Waals surface area contributed by atoms with E-state index in [-0.39, 0.29) is 23.1 Å². The van der Waals surface area contributed by atoms with E-state index in [0.29, 0.717) is 36.9 Å². The fourth-order valence-electron chi connectivity index (χ4n) is 2.60. The molecule has 6 nitrogen and oxygen atoms in total. The molecule has 7 heteroatoms. The van der Waals surface area contributed by atoms with Crippen LogP contribution in [-0.4, -0.2) is 57.9 Å². The molecule has 2 aromatic rings. The van der Waals surface area contributed by atoms with Crippen LogP contribution in [0.4, 0.5) is 0 Å². The van der Waals surface area contributed by atoms with E-state index in [4.69, 9.17) is 11.6 Å². The summed E-state index contributed by atoms with van der Waals surface area (Å²) in [6, 6.07) is 7.93. The van der Waals surface area contributed by atoms with Crippen LogP contribution in [0.3, 0.4) is 0 Å². The van der Waals surface area contributed by atoms with Crippen molar-refractivity contribution < 1.29 is 14.7 Å². The van der Waals surface area contributed by atoms with Gasteiger partial charge in [0.2, 0.25) is 0 Å². The normalized spacial score (nSPS) is 14.8. The summed E-state index contributed by atoms with van der Waals surface area (Å²) in [5.41, 5.74) is 0.763. The predicted molar refractivity (Wildman–Crippen MR) is 85.7 cm³/mol. The number of halogens is 1. The molecule has 0 atom stereocenters. The third-order valence-electron chi connectivity index (χ3n) is 3.87. The molecule has 0 radical (unpaired) electrons. The van der Waals surface area contributed by atoms with E-state index in [9.17, 15) is 14.7 Å². The van der Waals surface area contributed by atoms with Crippen LogP contribution in [0.5, 0.6) is 5.75 Å². The molecule has 1 fully saturated rings. The molecule has 2 amide bonds. The summed E-state index contributed by atoms with van der Waals surface area (Å²) in [5, 5.41) is 10.2. The maximum Gasteiger partial charge on any atom is 0.270 e. The van der Waals surface area contributed by atoms with Crippen LogP contribution < -0.4 is 0 Å². The number of phenolic OH excluding ortho intramolecular Hbond substituents is 1. The number of aromatic hydroxyl groups is 1. The van der Waals surface area contributed by atoms with Crippen LogP contribution in [0.15, 0.2) is 36.5 Å². The molecule has 23 heavy (non-hydrogen) atoms. The Bertz CT molecular complexity index is 722. The second-order valence-corrected chi connectivity index (χ2v) is 5.77. The summed E-state index contributed by atoms with van der Waals surface area (Å²) in [7, 11) is 0. The number of aromatic amines is 1. The van der Waals surface area contributed by atoms with E-state index < -0.39 is 0 Å². The van der Waals surface area contributed by atoms with Gasteiger partial charge in [-0.3, -0.25) is 9.59 Å². The fourth-order valence-corrected chi connectivity index (χ4v) is 2.77. The third kappa shape index (κ3) is 3.17. The number of aromatic nitrogens is 1. The summed E-state index contributed by atoms with van der Waals surface area (Å²) >= 11 is 5.78. The minimum atomic E-state index is -0.258. The number of nitrogens with one attached hydrogen (secondary N) is 1. The molecule has 0 unspecified atom stereocenters. The van der Waals surface area contributed by atoms with Gasteiger partial charge in [-0.2, -0.15) is 0 Å². The molecule has 1 aliphatic rings. The summed E-state index contributed by atoms with van der Waals surface area (Å²) < 4.78 is 0. The van der Waals surface area contributed by atoms with Crippen LogP contribution in [-0.2, 0) is 0 Å². The number of rotatable bonds is 2. The zero-order valence-electron chi connectivity index (χ0n) is 12.3. The largest absolute Gasteiger partial charge is 0.507 e. The van der Waals surface area contributed by atoms with Crippen molar-refractivity contribution >= 4 is 23.4 Å². The van der Waals surface area contributed by atoms with E-state index in [1.54, 1.807) is 34.2 Å². The second kappa shape index (κ2) is 6.34. The van der Waals surface area contributed by atoms with E-state index >= 15 is 0 Å². The van der Waals surface area contributed by atoms with E-state index in [1.807, 2.05) is 0 Å². The van der Waals surface area contributed by atoms with Gasteiger partial charge in [-0.05, 0) is 30.3 Å². The zero-order chi connectivity index (χ0) is 16.4. The molecule has 0 saturated carbocycles. The molecule has 0 bridgehead atoms. The predicted octanol–water partition coefficient (Wildman–Crippen LogP) is 1.97. The zero-order valence-corrected chi connectivity index (χ0v) is 13.1. The van der Waals surface area contributed by atoms with Gasteiger partial charge in [0.05, 0.1) is 5.56 Å². The van der Waals surface area contributed by atoms with Gasteiger partial charge in [-0.1, -0.05) is 11.6 Å². The Hall–Kier alpha value is -2.47. The topological polar surface area (TPSA) is 76.6 Å². The smallest absolute Gasteiger partial charge is 0.270 e. The van der Waals surface area contributed by atoms with E-state index in [1.165, 1.54) is 12.1 Å². The number of hydrogen-bond acceptors (Lipinski definition) is 3. The maximum atomic E-state index is 12.5. The molecule has 0 spiro atoms. The lowest BCUT2D eigenvalue weighted by Crippen LogP contribution is -2.50. The number of hydrogen-bond donors (Lipinski definition) is 2. The van der Waals surface area contributed by atoms with Crippen LogP contribution >= 0.6 is 11.6 Å². The summed E-state index contributed by atoms with van der Waals surface area (Å²) in [6.07, 6.45) is 1.70. The molecule has 3 rings (SSSR count). The van der Waals surface area contributed by atoms with Crippen LogP contribution in [0, 0.1) is 0 Å². The third-order valence-corrected chi connectivity index (χ3v) is 4.11. The molecule has 1 aliphatic heterocycles. The minimum absolute atomic E-state index is 0.0727. The van der Waals surface area contributed by atoms with Crippen molar-refractivity contribution in [1.82, 2.24) is 14.8 Å². The van der Waals surface area contributed by atoms with Gasteiger partial charge >= 0.3 is 0 Å². The van der Waals surface area contributed by atoms with Crippen molar-refractivity contribution in [1.29, 1.82) is 0 Å². The highest BCUT2D eigenvalue weighted by atomic mass is 35.5. The van der Waals surface area contributed by atoms with Gasteiger partial charge in [0, 0.05) is 37.4 Å². The first kappa shape index (κ1) is 15.4. The molecule has 1 saturated heterocycles. The minimum Gasteiger partial charge on any atom is -0.507 e. The van der Waals surface area contributed by atoms with Gasteiger partial charge in [0.15, 0.2) is 0 Å².